The first-order valence-electron chi connectivity index (χ1n) is 8.49. The van der Waals surface area contributed by atoms with Gasteiger partial charge in [-0.05, 0) is 12.8 Å². The maximum atomic E-state index is 4.55. The van der Waals surface area contributed by atoms with Gasteiger partial charge in [0.25, 0.3) is 0 Å². The Kier molecular flexibility index (Phi) is 4.37. The number of anilines is 2. The molecule has 0 radical (unpaired) electrons. The minimum atomic E-state index is 0.632. The third-order valence-corrected chi connectivity index (χ3v) is 5.44. The molecule has 7 heteroatoms. The number of rotatable bonds is 3. The first-order valence-corrected chi connectivity index (χ1v) is 9.22. The molecule has 122 valence electrons. The van der Waals surface area contributed by atoms with E-state index in [0.29, 0.717) is 5.92 Å². The summed E-state index contributed by atoms with van der Waals surface area (Å²) in [5.74, 6) is 2.71. The van der Waals surface area contributed by atoms with Crippen LogP contribution >= 0.6 is 11.7 Å². The van der Waals surface area contributed by atoms with Crippen molar-refractivity contribution in [1.29, 1.82) is 0 Å². The van der Waals surface area contributed by atoms with Crippen LogP contribution in [0.1, 0.15) is 43.7 Å². The quantitative estimate of drug-likeness (QED) is 0.862. The van der Waals surface area contributed by atoms with Gasteiger partial charge in [-0.3, -0.25) is 0 Å². The fraction of sp³-hybridized carbons (Fsp3) is 0.625. The average molecular weight is 330 g/mol. The van der Waals surface area contributed by atoms with Crippen LogP contribution < -0.4 is 9.80 Å². The fourth-order valence-electron chi connectivity index (χ4n) is 3.62. The van der Waals surface area contributed by atoms with Crippen LogP contribution in [0.2, 0.25) is 0 Å². The number of hydrogen-bond donors (Lipinski definition) is 0. The van der Waals surface area contributed by atoms with E-state index >= 15 is 0 Å². The molecule has 2 aromatic heterocycles. The largest absolute Gasteiger partial charge is 0.353 e. The van der Waals surface area contributed by atoms with Gasteiger partial charge in [-0.1, -0.05) is 19.3 Å². The van der Waals surface area contributed by atoms with Crippen molar-refractivity contribution in [2.45, 2.75) is 38.0 Å². The highest BCUT2D eigenvalue weighted by atomic mass is 32.1. The third kappa shape index (κ3) is 3.29. The summed E-state index contributed by atoms with van der Waals surface area (Å²) in [6.07, 6.45) is 10.2. The topological polar surface area (TPSA) is 58.0 Å². The second kappa shape index (κ2) is 6.78. The zero-order valence-electron chi connectivity index (χ0n) is 13.3. The Morgan fingerprint density at radius 3 is 2.35 bits per heavy atom. The Morgan fingerprint density at radius 1 is 0.913 bits per heavy atom. The molecule has 0 N–H and O–H groups in total. The van der Waals surface area contributed by atoms with Crippen molar-refractivity contribution in [2.24, 2.45) is 0 Å². The Balaban J connectivity index is 1.42. The van der Waals surface area contributed by atoms with E-state index in [1.54, 1.807) is 6.33 Å². The van der Waals surface area contributed by atoms with Crippen molar-refractivity contribution >= 4 is 23.4 Å². The lowest BCUT2D eigenvalue weighted by molar-refractivity contribution is 0.436. The van der Waals surface area contributed by atoms with Crippen LogP contribution in [-0.4, -0.2) is 44.9 Å². The minimum absolute atomic E-state index is 0.632. The third-order valence-electron chi connectivity index (χ3n) is 4.97. The molecule has 1 saturated carbocycles. The van der Waals surface area contributed by atoms with Crippen molar-refractivity contribution in [3.8, 4) is 0 Å². The fourth-order valence-corrected chi connectivity index (χ4v) is 4.05. The molecule has 2 fully saturated rings. The minimum Gasteiger partial charge on any atom is -0.353 e. The van der Waals surface area contributed by atoms with Crippen molar-refractivity contribution in [2.75, 3.05) is 36.0 Å². The molecule has 0 unspecified atom stereocenters. The van der Waals surface area contributed by atoms with Crippen LogP contribution in [0.15, 0.2) is 18.6 Å². The Morgan fingerprint density at radius 2 is 1.65 bits per heavy atom. The Bertz CT molecular complexity index is 617. The standard InChI is InChI=1S/C16H22N6S/c1-2-4-13(5-3-1)14-10-15(18-12-17-14)21-6-8-22(9-7-21)16-11-19-23-20-16/h10-13H,1-9H2. The van der Waals surface area contributed by atoms with E-state index in [9.17, 15) is 0 Å². The highest BCUT2D eigenvalue weighted by Crippen LogP contribution is 2.32. The van der Waals surface area contributed by atoms with E-state index in [4.69, 9.17) is 0 Å². The lowest BCUT2D eigenvalue weighted by Crippen LogP contribution is -2.47. The van der Waals surface area contributed by atoms with Crippen molar-refractivity contribution in [1.82, 2.24) is 18.7 Å². The molecule has 0 bridgehead atoms. The molecule has 3 heterocycles. The van der Waals surface area contributed by atoms with E-state index in [0.717, 1.165) is 37.8 Å². The molecule has 23 heavy (non-hydrogen) atoms. The molecule has 0 aromatic carbocycles. The highest BCUT2D eigenvalue weighted by molar-refractivity contribution is 6.99. The van der Waals surface area contributed by atoms with Gasteiger partial charge in [-0.2, -0.15) is 8.75 Å². The van der Waals surface area contributed by atoms with Crippen LogP contribution in [0.5, 0.6) is 0 Å². The predicted octanol–water partition coefficient (Wildman–Crippen LogP) is 2.70. The second-order valence-corrected chi connectivity index (χ2v) is 6.93. The smallest absolute Gasteiger partial charge is 0.162 e. The second-order valence-electron chi connectivity index (χ2n) is 6.38. The van der Waals surface area contributed by atoms with Crippen LogP contribution in [-0.2, 0) is 0 Å². The van der Waals surface area contributed by atoms with Gasteiger partial charge in [0.1, 0.15) is 12.1 Å². The average Bonchev–Trinajstić information content (AvgIpc) is 3.17. The van der Waals surface area contributed by atoms with Gasteiger partial charge in [-0.15, -0.1) is 0 Å². The summed E-state index contributed by atoms with van der Waals surface area (Å²) < 4.78 is 8.42. The molecule has 1 aliphatic heterocycles. The maximum absolute atomic E-state index is 4.55. The zero-order valence-corrected chi connectivity index (χ0v) is 14.1. The predicted molar refractivity (Wildman–Crippen MR) is 92.2 cm³/mol. The summed E-state index contributed by atoms with van der Waals surface area (Å²) in [5, 5.41) is 0. The first kappa shape index (κ1) is 14.8. The van der Waals surface area contributed by atoms with Gasteiger partial charge in [0, 0.05) is 43.9 Å². The molecule has 0 amide bonds. The van der Waals surface area contributed by atoms with Crippen LogP contribution in [0.25, 0.3) is 0 Å². The number of nitrogens with zero attached hydrogens (tertiary/aromatic N) is 6. The highest BCUT2D eigenvalue weighted by Gasteiger charge is 2.22. The van der Waals surface area contributed by atoms with Gasteiger partial charge < -0.3 is 9.80 Å². The molecule has 2 aromatic rings. The van der Waals surface area contributed by atoms with E-state index in [2.05, 4.69) is 34.6 Å². The van der Waals surface area contributed by atoms with E-state index < -0.39 is 0 Å². The normalized spacial score (nSPS) is 20.0. The molecule has 0 spiro atoms. The summed E-state index contributed by atoms with van der Waals surface area (Å²) in [7, 11) is 0. The zero-order chi connectivity index (χ0) is 15.5. The molecule has 0 atom stereocenters. The summed E-state index contributed by atoms with van der Waals surface area (Å²) in [5.41, 5.74) is 1.24. The lowest BCUT2D eigenvalue weighted by Gasteiger charge is -2.35. The first-order chi connectivity index (χ1) is 11.4. The summed E-state index contributed by atoms with van der Waals surface area (Å²) in [6.45, 7) is 3.87. The van der Waals surface area contributed by atoms with Crippen LogP contribution in [0.3, 0.4) is 0 Å². The van der Waals surface area contributed by atoms with Crippen molar-refractivity contribution < 1.29 is 0 Å². The maximum Gasteiger partial charge on any atom is 0.162 e. The van der Waals surface area contributed by atoms with Gasteiger partial charge in [0.2, 0.25) is 0 Å². The van der Waals surface area contributed by atoms with Gasteiger partial charge in [-0.25, -0.2) is 9.97 Å². The van der Waals surface area contributed by atoms with E-state index in [1.807, 2.05) is 6.20 Å². The van der Waals surface area contributed by atoms with Gasteiger partial charge in [0.15, 0.2) is 5.82 Å². The van der Waals surface area contributed by atoms with Gasteiger partial charge in [0.05, 0.1) is 17.9 Å². The Labute approximate surface area is 140 Å². The number of hydrogen-bond acceptors (Lipinski definition) is 7. The summed E-state index contributed by atoms with van der Waals surface area (Å²) >= 11 is 1.27. The van der Waals surface area contributed by atoms with Crippen LogP contribution in [0.4, 0.5) is 11.6 Å². The number of aromatic nitrogens is 4. The molecule has 1 saturated heterocycles. The van der Waals surface area contributed by atoms with E-state index in [-0.39, 0.29) is 0 Å². The molecule has 6 nitrogen and oxygen atoms in total. The lowest BCUT2D eigenvalue weighted by atomic mass is 9.87. The molecule has 4 rings (SSSR count). The molecule has 2 aliphatic rings. The summed E-state index contributed by atoms with van der Waals surface area (Å²) in [4.78, 5) is 13.7. The van der Waals surface area contributed by atoms with E-state index in [1.165, 1.54) is 49.5 Å². The number of piperazine rings is 1. The summed E-state index contributed by atoms with van der Waals surface area (Å²) in [6, 6.07) is 2.22. The molecular formula is C16H22N6S. The SMILES string of the molecule is c1nc(C2CCCCC2)cc(N2CCN(c3cnsn3)CC2)n1. The molecule has 1 aliphatic carbocycles. The molecular weight excluding hydrogens is 308 g/mol. The van der Waals surface area contributed by atoms with Crippen molar-refractivity contribution in [3.63, 3.8) is 0 Å². The van der Waals surface area contributed by atoms with Gasteiger partial charge >= 0.3 is 0 Å². The van der Waals surface area contributed by atoms with Crippen molar-refractivity contribution in [3.05, 3.63) is 24.3 Å². The Hall–Kier alpha value is -1.76. The monoisotopic (exact) mass is 330 g/mol. The van der Waals surface area contributed by atoms with Crippen LogP contribution in [0, 0.1) is 0 Å².